The number of hydrogen-bond donors (Lipinski definition) is 0. The molecule has 0 N–H and O–H groups in total. The van der Waals surface area contributed by atoms with Crippen molar-refractivity contribution in [2.75, 3.05) is 0 Å². The quantitative estimate of drug-likeness (QED) is 0.449. The van der Waals surface area contributed by atoms with Gasteiger partial charge in [-0.05, 0) is 18.3 Å². The Morgan fingerprint density at radius 2 is 1.30 bits per heavy atom. The van der Waals surface area contributed by atoms with E-state index in [2.05, 4.69) is 20.8 Å². The van der Waals surface area contributed by atoms with E-state index in [1.54, 1.807) is 0 Å². The van der Waals surface area contributed by atoms with Crippen molar-refractivity contribution in [1.82, 2.24) is 0 Å². The minimum absolute atomic E-state index is 0.134. The van der Waals surface area contributed by atoms with Crippen molar-refractivity contribution in [2.45, 2.75) is 51.8 Å². The van der Waals surface area contributed by atoms with Gasteiger partial charge in [0.05, 0.1) is 7.85 Å². The fraction of sp³-hybridized carbons (Fsp3) is 1.00. The van der Waals surface area contributed by atoms with E-state index < -0.39 is 0 Å². The number of hydrogen-bond acceptors (Lipinski definition) is 0. The Morgan fingerprint density at radius 1 is 0.900 bits per heavy atom. The minimum Gasteiger partial charge on any atom is -0.0688 e. The minimum atomic E-state index is 0.134. The zero-order valence-electron chi connectivity index (χ0n) is 7.41. The summed E-state index contributed by atoms with van der Waals surface area (Å²) in [4.78, 5) is 0. The van der Waals surface area contributed by atoms with E-state index in [0.29, 0.717) is 5.41 Å². The van der Waals surface area contributed by atoms with E-state index in [9.17, 15) is 0 Å². The molecular formula is C9H17B. The molecule has 0 aromatic rings. The van der Waals surface area contributed by atoms with E-state index in [0.717, 1.165) is 0 Å². The average molecular weight is 136 g/mol. The van der Waals surface area contributed by atoms with Crippen LogP contribution in [-0.4, -0.2) is 7.85 Å². The Hall–Kier alpha value is 0.0649. The molecule has 1 aliphatic rings. The highest BCUT2D eigenvalue weighted by Gasteiger charge is 2.30. The lowest BCUT2D eigenvalue weighted by molar-refractivity contribution is 0.210. The smallest absolute Gasteiger partial charge is 0.0688 e. The zero-order valence-corrected chi connectivity index (χ0v) is 7.41. The molecule has 0 saturated heterocycles. The summed E-state index contributed by atoms with van der Waals surface area (Å²) >= 11 is 0. The maximum Gasteiger partial charge on any atom is 0.0742 e. The predicted molar refractivity (Wildman–Crippen MR) is 46.4 cm³/mol. The monoisotopic (exact) mass is 136 g/mol. The highest BCUT2D eigenvalue weighted by Crippen LogP contribution is 2.46. The van der Waals surface area contributed by atoms with E-state index in [1.165, 1.54) is 25.7 Å². The van der Waals surface area contributed by atoms with Gasteiger partial charge in [0.1, 0.15) is 0 Å². The normalized spacial score (nSPS) is 29.9. The van der Waals surface area contributed by atoms with Gasteiger partial charge in [-0.15, -0.1) is 0 Å². The molecular weight excluding hydrogens is 119 g/mol. The topological polar surface area (TPSA) is 0 Å². The van der Waals surface area contributed by atoms with Crippen molar-refractivity contribution < 1.29 is 0 Å². The van der Waals surface area contributed by atoms with Gasteiger partial charge in [0.25, 0.3) is 0 Å². The average Bonchev–Trinajstić information content (AvgIpc) is 1.79. The van der Waals surface area contributed by atoms with Gasteiger partial charge in [0.2, 0.25) is 0 Å². The lowest BCUT2D eigenvalue weighted by Gasteiger charge is -2.39. The molecule has 0 spiro atoms. The molecule has 1 aliphatic carbocycles. The molecule has 1 fully saturated rings. The summed E-state index contributed by atoms with van der Waals surface area (Å²) in [6.45, 7) is 6.84. The molecule has 1 heteroatoms. The lowest BCUT2D eigenvalue weighted by Crippen LogP contribution is -2.24. The third-order valence-corrected chi connectivity index (χ3v) is 2.75. The molecule has 0 aromatic heterocycles. The zero-order chi connectivity index (χ0) is 7.83. The van der Waals surface area contributed by atoms with Crippen LogP contribution in [0, 0.1) is 5.41 Å². The molecule has 0 bridgehead atoms. The van der Waals surface area contributed by atoms with Crippen LogP contribution in [0.25, 0.3) is 0 Å². The molecule has 1 saturated carbocycles. The second-order valence-corrected chi connectivity index (χ2v) is 4.82. The van der Waals surface area contributed by atoms with Crippen molar-refractivity contribution in [3.8, 4) is 0 Å². The molecule has 0 aromatic carbocycles. The summed E-state index contributed by atoms with van der Waals surface area (Å²) in [5.41, 5.74) is 0.554. The van der Waals surface area contributed by atoms with Crippen LogP contribution in [0.5, 0.6) is 0 Å². The summed E-state index contributed by atoms with van der Waals surface area (Å²) in [7, 11) is 6.00. The Morgan fingerprint density at radius 3 is 1.60 bits per heavy atom. The van der Waals surface area contributed by atoms with Gasteiger partial charge in [0.15, 0.2) is 0 Å². The summed E-state index contributed by atoms with van der Waals surface area (Å²) in [6.07, 6.45) is 4.97. The van der Waals surface area contributed by atoms with Crippen molar-refractivity contribution in [3.05, 3.63) is 0 Å². The molecule has 2 radical (unpaired) electrons. The molecule has 0 atom stereocenters. The van der Waals surface area contributed by atoms with Crippen LogP contribution in [-0.2, 0) is 0 Å². The van der Waals surface area contributed by atoms with Gasteiger partial charge in [0, 0.05) is 0 Å². The van der Waals surface area contributed by atoms with E-state index >= 15 is 0 Å². The van der Waals surface area contributed by atoms with Crippen LogP contribution in [0.3, 0.4) is 0 Å². The molecule has 0 nitrogen and oxygen atoms in total. The first-order valence-electron chi connectivity index (χ1n) is 4.20. The first kappa shape index (κ1) is 8.16. The largest absolute Gasteiger partial charge is 0.0742 e. The highest BCUT2D eigenvalue weighted by atomic mass is 14.3. The molecule has 0 aliphatic heterocycles. The van der Waals surface area contributed by atoms with Crippen LogP contribution < -0.4 is 0 Å². The fourth-order valence-electron chi connectivity index (χ4n) is 1.50. The van der Waals surface area contributed by atoms with Crippen LogP contribution in [0.4, 0.5) is 0 Å². The van der Waals surface area contributed by atoms with Gasteiger partial charge in [-0.2, -0.15) is 0 Å². The molecule has 56 valence electrons. The highest BCUT2D eigenvalue weighted by molar-refractivity contribution is 6.14. The second-order valence-electron chi connectivity index (χ2n) is 4.82. The first-order chi connectivity index (χ1) is 4.41. The van der Waals surface area contributed by atoms with Gasteiger partial charge < -0.3 is 0 Å². The van der Waals surface area contributed by atoms with Crippen LogP contribution in [0.2, 0.25) is 5.31 Å². The maximum absolute atomic E-state index is 6.00. The summed E-state index contributed by atoms with van der Waals surface area (Å²) in [5, 5.41) is 0.134. The van der Waals surface area contributed by atoms with Gasteiger partial charge in [-0.25, -0.2) is 0 Å². The molecule has 0 amide bonds. The lowest BCUT2D eigenvalue weighted by atomic mass is 9.57. The second kappa shape index (κ2) is 2.28. The Balaban J connectivity index is 2.46. The Labute approximate surface area is 65.8 Å². The molecule has 10 heavy (non-hydrogen) atoms. The third kappa shape index (κ3) is 2.03. The Bertz CT molecular complexity index is 96.7. The van der Waals surface area contributed by atoms with Gasteiger partial charge in [-0.3, -0.25) is 0 Å². The standard InChI is InChI=1S/C9H17B/c1-8(2)4-6-9(3,10)7-5-8/h4-7H2,1-3H3. The van der Waals surface area contributed by atoms with Gasteiger partial charge in [-0.1, -0.05) is 38.9 Å². The van der Waals surface area contributed by atoms with Crippen LogP contribution in [0.1, 0.15) is 46.5 Å². The van der Waals surface area contributed by atoms with Crippen molar-refractivity contribution in [3.63, 3.8) is 0 Å². The van der Waals surface area contributed by atoms with E-state index in [4.69, 9.17) is 7.85 Å². The van der Waals surface area contributed by atoms with Crippen molar-refractivity contribution >= 4 is 7.85 Å². The summed E-state index contributed by atoms with van der Waals surface area (Å²) in [6, 6.07) is 0. The first-order valence-corrected chi connectivity index (χ1v) is 4.20. The third-order valence-electron chi connectivity index (χ3n) is 2.75. The maximum atomic E-state index is 6.00. The van der Waals surface area contributed by atoms with E-state index in [-0.39, 0.29) is 5.31 Å². The SMILES string of the molecule is [B]C1(C)CCC(C)(C)CC1. The fourth-order valence-corrected chi connectivity index (χ4v) is 1.50. The van der Waals surface area contributed by atoms with E-state index in [1.807, 2.05) is 0 Å². The van der Waals surface area contributed by atoms with Crippen molar-refractivity contribution in [1.29, 1.82) is 0 Å². The predicted octanol–water partition coefficient (Wildman–Crippen LogP) is 2.93. The molecule has 0 unspecified atom stereocenters. The van der Waals surface area contributed by atoms with Crippen LogP contribution >= 0.6 is 0 Å². The number of rotatable bonds is 0. The van der Waals surface area contributed by atoms with Crippen LogP contribution in [0.15, 0.2) is 0 Å². The summed E-state index contributed by atoms with van der Waals surface area (Å²) in [5.74, 6) is 0. The van der Waals surface area contributed by atoms with Crippen molar-refractivity contribution in [2.24, 2.45) is 5.41 Å². The molecule has 1 rings (SSSR count). The van der Waals surface area contributed by atoms with Gasteiger partial charge >= 0.3 is 0 Å². The summed E-state index contributed by atoms with van der Waals surface area (Å²) < 4.78 is 0. The Kier molecular flexibility index (Phi) is 1.87. The molecule has 0 heterocycles.